The van der Waals surface area contributed by atoms with Crippen molar-refractivity contribution >= 4 is 16.9 Å². The van der Waals surface area contributed by atoms with E-state index in [2.05, 4.69) is 0 Å². The van der Waals surface area contributed by atoms with Gasteiger partial charge in [0.1, 0.15) is 11.1 Å². The highest BCUT2D eigenvalue weighted by Gasteiger charge is 2.33. The monoisotopic (exact) mass is 466 g/mol. The third kappa shape index (κ3) is 4.99. The zero-order chi connectivity index (χ0) is 24.3. The van der Waals surface area contributed by atoms with Crippen LogP contribution in [-0.4, -0.2) is 41.6 Å². The first-order chi connectivity index (χ1) is 15.6. The summed E-state index contributed by atoms with van der Waals surface area (Å²) in [6.45, 7) is 1.96. The molecule has 3 rings (SSSR count). The number of methoxy groups -OCH3 is 1. The number of hydrogen-bond donors (Lipinski definition) is 0. The fraction of sp³-hybridized carbons (Fsp3) is 0.391. The molecule has 0 bridgehead atoms. The van der Waals surface area contributed by atoms with Gasteiger partial charge in [0.15, 0.2) is 18.1 Å². The molecule has 0 atom stereocenters. The molecule has 0 amide bonds. The summed E-state index contributed by atoms with van der Waals surface area (Å²) in [6.07, 6.45) is -4.18. The maximum atomic E-state index is 13.6. The van der Waals surface area contributed by atoms with Gasteiger partial charge in [0.05, 0.1) is 25.8 Å². The van der Waals surface area contributed by atoms with E-state index in [4.69, 9.17) is 14.2 Å². The Morgan fingerprint density at radius 1 is 1.15 bits per heavy atom. The van der Waals surface area contributed by atoms with Gasteiger partial charge < -0.3 is 23.3 Å². The SMILES string of the molecule is CCOC(=O)c1c(OCC(F)(F)F)c2c(=O)n(Cc3cccc(OC)c3)c(CC)cc2n1C. The average Bonchev–Trinajstić information content (AvgIpc) is 3.05. The number of fused-ring (bicyclic) bond motifs is 1. The summed E-state index contributed by atoms with van der Waals surface area (Å²) < 4.78 is 56.9. The number of rotatable bonds is 8. The summed E-state index contributed by atoms with van der Waals surface area (Å²) in [7, 11) is 3.01. The first-order valence-corrected chi connectivity index (χ1v) is 10.4. The Labute approximate surface area is 188 Å². The van der Waals surface area contributed by atoms with Gasteiger partial charge in [0, 0.05) is 12.7 Å². The number of ether oxygens (including phenoxy) is 3. The van der Waals surface area contributed by atoms with Crippen LogP contribution in [0.25, 0.3) is 10.9 Å². The number of hydrogen-bond acceptors (Lipinski definition) is 5. The molecule has 33 heavy (non-hydrogen) atoms. The summed E-state index contributed by atoms with van der Waals surface area (Å²) in [5.41, 5.74) is 0.905. The van der Waals surface area contributed by atoms with Crippen molar-refractivity contribution in [2.75, 3.05) is 20.3 Å². The second-order valence-electron chi connectivity index (χ2n) is 7.35. The molecule has 0 aliphatic heterocycles. The molecule has 3 aromatic rings. The van der Waals surface area contributed by atoms with E-state index in [1.165, 1.54) is 23.3 Å². The number of esters is 1. The third-order valence-corrected chi connectivity index (χ3v) is 5.19. The van der Waals surface area contributed by atoms with E-state index in [1.54, 1.807) is 31.2 Å². The van der Waals surface area contributed by atoms with Crippen molar-refractivity contribution in [2.45, 2.75) is 33.0 Å². The number of halogens is 3. The van der Waals surface area contributed by atoms with Gasteiger partial charge in [0.25, 0.3) is 5.56 Å². The number of pyridine rings is 1. The second-order valence-corrected chi connectivity index (χ2v) is 7.35. The Hall–Kier alpha value is -3.43. The fourth-order valence-electron chi connectivity index (χ4n) is 3.70. The predicted octanol–water partition coefficient (Wildman–Crippen LogP) is 4.08. The minimum absolute atomic E-state index is 0.0132. The molecule has 178 valence electrons. The molecule has 0 saturated carbocycles. The van der Waals surface area contributed by atoms with Crippen molar-refractivity contribution in [3.8, 4) is 11.5 Å². The van der Waals surface area contributed by atoms with E-state index in [0.29, 0.717) is 23.4 Å². The van der Waals surface area contributed by atoms with Crippen LogP contribution in [0.1, 0.15) is 35.6 Å². The largest absolute Gasteiger partial charge is 0.497 e. The Morgan fingerprint density at radius 2 is 1.88 bits per heavy atom. The van der Waals surface area contributed by atoms with Crippen molar-refractivity contribution in [3.05, 3.63) is 57.6 Å². The number of benzene rings is 1. The highest BCUT2D eigenvalue weighted by atomic mass is 19.4. The van der Waals surface area contributed by atoms with Gasteiger partial charge >= 0.3 is 12.1 Å². The molecule has 2 aromatic heterocycles. The smallest absolute Gasteiger partial charge is 0.422 e. The molecule has 0 fully saturated rings. The Balaban J connectivity index is 2.26. The predicted molar refractivity (Wildman–Crippen MR) is 116 cm³/mol. The molecule has 1 aromatic carbocycles. The molecule has 0 aliphatic carbocycles. The summed E-state index contributed by atoms with van der Waals surface area (Å²) in [4.78, 5) is 26.1. The minimum Gasteiger partial charge on any atom is -0.497 e. The summed E-state index contributed by atoms with van der Waals surface area (Å²) in [6, 6.07) is 8.81. The molecule has 0 radical (unpaired) electrons. The quantitative estimate of drug-likeness (QED) is 0.468. The first-order valence-electron chi connectivity index (χ1n) is 10.4. The van der Waals surface area contributed by atoms with E-state index in [1.807, 2.05) is 13.0 Å². The number of nitrogens with zero attached hydrogens (tertiary/aromatic N) is 2. The maximum absolute atomic E-state index is 13.6. The number of carbonyl (C=O) groups excluding carboxylic acids is 1. The van der Waals surface area contributed by atoms with Crippen molar-refractivity contribution in [1.29, 1.82) is 0 Å². The van der Waals surface area contributed by atoms with Gasteiger partial charge in [-0.05, 0) is 37.1 Å². The lowest BCUT2D eigenvalue weighted by Crippen LogP contribution is -2.25. The number of alkyl halides is 3. The summed E-state index contributed by atoms with van der Waals surface area (Å²) in [5, 5.41) is -0.107. The highest BCUT2D eigenvalue weighted by molar-refractivity contribution is 6.01. The van der Waals surface area contributed by atoms with Crippen molar-refractivity contribution in [3.63, 3.8) is 0 Å². The van der Waals surface area contributed by atoms with Gasteiger partial charge in [-0.25, -0.2) is 4.79 Å². The van der Waals surface area contributed by atoms with E-state index in [-0.39, 0.29) is 24.2 Å². The zero-order valence-corrected chi connectivity index (χ0v) is 18.8. The van der Waals surface area contributed by atoms with E-state index < -0.39 is 30.1 Å². The van der Waals surface area contributed by atoms with Crippen molar-refractivity contribution < 1.29 is 32.2 Å². The molecule has 10 heteroatoms. The lowest BCUT2D eigenvalue weighted by molar-refractivity contribution is -0.153. The van der Waals surface area contributed by atoms with Gasteiger partial charge in [-0.1, -0.05) is 19.1 Å². The number of carbonyl (C=O) groups is 1. The van der Waals surface area contributed by atoms with Gasteiger partial charge in [-0.2, -0.15) is 13.2 Å². The van der Waals surface area contributed by atoms with Crippen LogP contribution in [0, 0.1) is 0 Å². The highest BCUT2D eigenvalue weighted by Crippen LogP contribution is 2.33. The second kappa shape index (κ2) is 9.60. The van der Waals surface area contributed by atoms with Gasteiger partial charge in [-0.3, -0.25) is 4.79 Å². The molecule has 0 spiro atoms. The molecule has 0 N–H and O–H groups in total. The molecule has 0 unspecified atom stereocenters. The zero-order valence-electron chi connectivity index (χ0n) is 18.8. The minimum atomic E-state index is -4.66. The lowest BCUT2D eigenvalue weighted by atomic mass is 10.1. The van der Waals surface area contributed by atoms with Crippen LogP contribution in [0.5, 0.6) is 11.5 Å². The van der Waals surface area contributed by atoms with E-state index in [0.717, 1.165) is 5.56 Å². The fourth-order valence-corrected chi connectivity index (χ4v) is 3.70. The van der Waals surface area contributed by atoms with E-state index in [9.17, 15) is 22.8 Å². The Kier molecular flexibility index (Phi) is 7.04. The van der Waals surface area contributed by atoms with Crippen LogP contribution in [-0.2, 0) is 24.8 Å². The Bertz CT molecular complexity index is 1230. The van der Waals surface area contributed by atoms with Crippen LogP contribution in [0.2, 0.25) is 0 Å². The van der Waals surface area contributed by atoms with Crippen LogP contribution < -0.4 is 15.0 Å². The van der Waals surface area contributed by atoms with Crippen LogP contribution in [0.4, 0.5) is 13.2 Å². The summed E-state index contributed by atoms with van der Waals surface area (Å²) >= 11 is 0. The third-order valence-electron chi connectivity index (χ3n) is 5.19. The number of aromatic nitrogens is 2. The maximum Gasteiger partial charge on any atom is 0.422 e. The van der Waals surface area contributed by atoms with Crippen molar-refractivity contribution in [1.82, 2.24) is 9.13 Å². The average molecular weight is 466 g/mol. The molecule has 7 nitrogen and oxygen atoms in total. The summed E-state index contributed by atoms with van der Waals surface area (Å²) in [5.74, 6) is -0.696. The van der Waals surface area contributed by atoms with Gasteiger partial charge in [0.2, 0.25) is 0 Å². The topological polar surface area (TPSA) is 71.7 Å². The van der Waals surface area contributed by atoms with Crippen LogP contribution in [0.15, 0.2) is 35.1 Å². The normalized spacial score (nSPS) is 11.6. The van der Waals surface area contributed by atoms with Crippen LogP contribution >= 0.6 is 0 Å². The molecule has 0 saturated heterocycles. The molecule has 0 aliphatic rings. The molecular formula is C23H25F3N2O5. The molecule has 2 heterocycles. The lowest BCUT2D eigenvalue weighted by Gasteiger charge is -2.14. The van der Waals surface area contributed by atoms with Crippen molar-refractivity contribution in [2.24, 2.45) is 7.05 Å². The van der Waals surface area contributed by atoms with Gasteiger partial charge in [-0.15, -0.1) is 0 Å². The molecular weight excluding hydrogens is 441 g/mol. The number of aryl methyl sites for hydroxylation is 2. The van der Waals surface area contributed by atoms with Crippen LogP contribution in [0.3, 0.4) is 0 Å². The Morgan fingerprint density at radius 3 is 2.48 bits per heavy atom. The first kappa shape index (κ1) is 24.2. The standard InChI is InChI=1S/C23H25F3N2O5/c1-5-15-11-17-18(21(29)28(15)12-14-8-7-9-16(10-14)31-4)20(33-13-23(24,25)26)19(27(17)3)22(30)32-6-2/h7-11H,5-6,12-13H2,1-4H3. The van der Waals surface area contributed by atoms with E-state index >= 15 is 0 Å².